The highest BCUT2D eigenvalue weighted by Gasteiger charge is 2.35. The summed E-state index contributed by atoms with van der Waals surface area (Å²) in [7, 11) is 1.39. The Balaban J connectivity index is 4.47. The van der Waals surface area contributed by atoms with E-state index in [9.17, 15) is 4.79 Å². The minimum Gasteiger partial charge on any atom is -0.468 e. The zero-order valence-corrected chi connectivity index (χ0v) is 11.3. The van der Waals surface area contributed by atoms with E-state index < -0.39 is 5.54 Å². The van der Waals surface area contributed by atoms with Crippen LogP contribution in [-0.4, -0.2) is 37.4 Å². The minimum absolute atomic E-state index is 0.261. The van der Waals surface area contributed by atoms with Crippen LogP contribution in [0.1, 0.15) is 41.0 Å². The van der Waals surface area contributed by atoms with Gasteiger partial charge < -0.3 is 14.8 Å². The van der Waals surface area contributed by atoms with Crippen LogP contribution in [0, 0.1) is 0 Å². The lowest BCUT2D eigenvalue weighted by Gasteiger charge is -2.31. The van der Waals surface area contributed by atoms with Gasteiger partial charge in [-0.1, -0.05) is 6.92 Å². The first kappa shape index (κ1) is 15.4. The third kappa shape index (κ3) is 5.47. The van der Waals surface area contributed by atoms with Gasteiger partial charge in [-0.05, 0) is 40.7 Å². The van der Waals surface area contributed by atoms with Crippen molar-refractivity contribution in [3.05, 3.63) is 0 Å². The Hall–Kier alpha value is -0.610. The molecular formula is C12H25NO3. The van der Waals surface area contributed by atoms with Crippen molar-refractivity contribution in [1.82, 2.24) is 5.32 Å². The summed E-state index contributed by atoms with van der Waals surface area (Å²) in [6, 6.07) is 0. The summed E-state index contributed by atoms with van der Waals surface area (Å²) < 4.78 is 10.4. The lowest BCUT2D eigenvalue weighted by atomic mass is 10.0. The highest BCUT2D eigenvalue weighted by molar-refractivity contribution is 5.80. The van der Waals surface area contributed by atoms with Crippen LogP contribution >= 0.6 is 0 Å². The number of carbonyl (C=O) groups is 1. The second-order valence-corrected chi connectivity index (χ2v) is 5.15. The molecule has 0 aromatic rings. The zero-order chi connectivity index (χ0) is 12.8. The molecule has 0 heterocycles. The second-order valence-electron chi connectivity index (χ2n) is 5.15. The molecule has 0 spiro atoms. The molecule has 0 bridgehead atoms. The van der Waals surface area contributed by atoms with Gasteiger partial charge in [-0.25, -0.2) is 4.79 Å². The fourth-order valence-electron chi connectivity index (χ4n) is 1.17. The lowest BCUT2D eigenvalue weighted by Crippen LogP contribution is -2.55. The van der Waals surface area contributed by atoms with E-state index in [1.54, 1.807) is 6.92 Å². The van der Waals surface area contributed by atoms with Gasteiger partial charge in [0.25, 0.3) is 0 Å². The van der Waals surface area contributed by atoms with Gasteiger partial charge in [-0.3, -0.25) is 0 Å². The maximum Gasteiger partial charge on any atom is 0.328 e. The Bertz CT molecular complexity index is 223. The molecule has 0 radical (unpaired) electrons. The summed E-state index contributed by atoms with van der Waals surface area (Å²) in [5.74, 6) is -0.287. The average molecular weight is 231 g/mol. The second kappa shape index (κ2) is 6.21. The maximum atomic E-state index is 11.7. The van der Waals surface area contributed by atoms with Crippen LogP contribution in [0.2, 0.25) is 0 Å². The van der Waals surface area contributed by atoms with E-state index in [1.807, 2.05) is 20.8 Å². The van der Waals surface area contributed by atoms with Crippen molar-refractivity contribution in [2.24, 2.45) is 0 Å². The molecule has 0 rings (SSSR count). The van der Waals surface area contributed by atoms with Gasteiger partial charge in [0, 0.05) is 0 Å². The van der Waals surface area contributed by atoms with Gasteiger partial charge >= 0.3 is 5.97 Å². The Morgan fingerprint density at radius 3 is 2.19 bits per heavy atom. The molecular weight excluding hydrogens is 206 g/mol. The summed E-state index contributed by atoms with van der Waals surface area (Å²) in [5.41, 5.74) is -1.03. The number of ether oxygens (including phenoxy) is 2. The van der Waals surface area contributed by atoms with Gasteiger partial charge in [0.1, 0.15) is 5.54 Å². The third-order valence-electron chi connectivity index (χ3n) is 2.19. The standard InChI is InChI=1S/C12H25NO3/c1-7-8-13-12(5,10(14)15-6)9-16-11(2,3)4/h13H,7-9H2,1-6H3. The molecule has 96 valence electrons. The molecule has 0 amide bonds. The van der Waals surface area contributed by atoms with Crippen molar-refractivity contribution in [2.75, 3.05) is 20.3 Å². The maximum absolute atomic E-state index is 11.7. The molecule has 0 fully saturated rings. The molecule has 0 aliphatic rings. The topological polar surface area (TPSA) is 47.6 Å². The molecule has 1 unspecified atom stereocenters. The van der Waals surface area contributed by atoms with E-state index in [4.69, 9.17) is 9.47 Å². The molecule has 0 saturated carbocycles. The fourth-order valence-corrected chi connectivity index (χ4v) is 1.17. The number of hydrogen-bond donors (Lipinski definition) is 1. The largest absolute Gasteiger partial charge is 0.468 e. The predicted octanol–water partition coefficient (Wildman–Crippen LogP) is 1.73. The molecule has 0 aromatic heterocycles. The van der Waals surface area contributed by atoms with Crippen LogP contribution in [0.5, 0.6) is 0 Å². The van der Waals surface area contributed by atoms with Crippen LogP contribution in [0.15, 0.2) is 0 Å². The van der Waals surface area contributed by atoms with Crippen LogP contribution in [0.3, 0.4) is 0 Å². The molecule has 0 aliphatic heterocycles. The summed E-state index contributed by atoms with van der Waals surface area (Å²) in [6.07, 6.45) is 0.960. The monoisotopic (exact) mass is 231 g/mol. The van der Waals surface area contributed by atoms with Crippen LogP contribution < -0.4 is 5.32 Å². The normalized spacial score (nSPS) is 15.6. The van der Waals surface area contributed by atoms with E-state index in [2.05, 4.69) is 12.2 Å². The van der Waals surface area contributed by atoms with Crippen molar-refractivity contribution in [3.8, 4) is 0 Å². The SMILES string of the molecule is CCCNC(C)(COC(C)(C)C)C(=O)OC. The van der Waals surface area contributed by atoms with Crippen molar-refractivity contribution < 1.29 is 14.3 Å². The van der Waals surface area contributed by atoms with E-state index in [0.29, 0.717) is 6.61 Å². The Morgan fingerprint density at radius 2 is 1.81 bits per heavy atom. The van der Waals surface area contributed by atoms with Crippen LogP contribution in [-0.2, 0) is 14.3 Å². The van der Waals surface area contributed by atoms with Gasteiger partial charge in [-0.2, -0.15) is 0 Å². The number of hydrogen-bond acceptors (Lipinski definition) is 4. The summed E-state index contributed by atoms with van der Waals surface area (Å²) >= 11 is 0. The van der Waals surface area contributed by atoms with Crippen molar-refractivity contribution in [1.29, 1.82) is 0 Å². The van der Waals surface area contributed by atoms with Crippen LogP contribution in [0.25, 0.3) is 0 Å². The molecule has 4 heteroatoms. The molecule has 1 N–H and O–H groups in total. The first-order chi connectivity index (χ1) is 7.25. The molecule has 16 heavy (non-hydrogen) atoms. The number of carbonyl (C=O) groups excluding carboxylic acids is 1. The molecule has 0 aliphatic carbocycles. The molecule has 0 aromatic carbocycles. The van der Waals surface area contributed by atoms with Crippen molar-refractivity contribution in [3.63, 3.8) is 0 Å². The first-order valence-corrected chi connectivity index (χ1v) is 5.72. The smallest absolute Gasteiger partial charge is 0.328 e. The van der Waals surface area contributed by atoms with E-state index >= 15 is 0 Å². The molecule has 1 atom stereocenters. The van der Waals surface area contributed by atoms with Crippen LogP contribution in [0.4, 0.5) is 0 Å². The Kier molecular flexibility index (Phi) is 5.97. The third-order valence-corrected chi connectivity index (χ3v) is 2.19. The first-order valence-electron chi connectivity index (χ1n) is 5.72. The average Bonchev–Trinajstić information content (AvgIpc) is 2.21. The zero-order valence-electron chi connectivity index (χ0n) is 11.3. The van der Waals surface area contributed by atoms with E-state index in [0.717, 1.165) is 13.0 Å². The number of rotatable bonds is 6. The van der Waals surface area contributed by atoms with E-state index in [-0.39, 0.29) is 11.6 Å². The summed E-state index contributed by atoms with van der Waals surface area (Å²) in [6.45, 7) is 10.8. The minimum atomic E-state index is -0.766. The molecule has 0 saturated heterocycles. The predicted molar refractivity (Wildman–Crippen MR) is 64.4 cm³/mol. The number of nitrogens with one attached hydrogen (secondary N) is 1. The van der Waals surface area contributed by atoms with Gasteiger partial charge in [-0.15, -0.1) is 0 Å². The highest BCUT2D eigenvalue weighted by Crippen LogP contribution is 2.14. The van der Waals surface area contributed by atoms with Crippen molar-refractivity contribution in [2.45, 2.75) is 52.2 Å². The molecule has 4 nitrogen and oxygen atoms in total. The fraction of sp³-hybridized carbons (Fsp3) is 0.917. The van der Waals surface area contributed by atoms with Gasteiger partial charge in [0.2, 0.25) is 0 Å². The highest BCUT2D eigenvalue weighted by atomic mass is 16.5. The lowest BCUT2D eigenvalue weighted by molar-refractivity contribution is -0.153. The van der Waals surface area contributed by atoms with Crippen molar-refractivity contribution >= 4 is 5.97 Å². The summed E-state index contributed by atoms with van der Waals surface area (Å²) in [4.78, 5) is 11.7. The quantitative estimate of drug-likeness (QED) is 0.707. The van der Waals surface area contributed by atoms with E-state index in [1.165, 1.54) is 7.11 Å². The number of methoxy groups -OCH3 is 1. The van der Waals surface area contributed by atoms with Gasteiger partial charge in [0.15, 0.2) is 0 Å². The number of esters is 1. The van der Waals surface area contributed by atoms with Gasteiger partial charge in [0.05, 0.1) is 19.3 Å². The Labute approximate surface area is 98.7 Å². The summed E-state index contributed by atoms with van der Waals surface area (Å²) in [5, 5.41) is 3.17. The Morgan fingerprint density at radius 1 is 1.25 bits per heavy atom.